The van der Waals surface area contributed by atoms with Crippen molar-refractivity contribution in [2.45, 2.75) is 0 Å². The van der Waals surface area contributed by atoms with Crippen LogP contribution in [0.2, 0.25) is 0 Å². The summed E-state index contributed by atoms with van der Waals surface area (Å²) < 4.78 is 8.55. The Morgan fingerprint density at radius 2 is 0.905 bits per heavy atom. The molecule has 2 heterocycles. The Labute approximate surface area is 363 Å². The molecule has 0 spiro atoms. The Morgan fingerprint density at radius 1 is 0.317 bits per heavy atom. The highest BCUT2D eigenvalue weighted by atomic mass is 16.3. The van der Waals surface area contributed by atoms with Gasteiger partial charge in [0.05, 0.1) is 22.4 Å². The average Bonchev–Trinajstić information content (AvgIpc) is 3.90. The van der Waals surface area contributed by atoms with Crippen LogP contribution in [0, 0.1) is 0 Å². The van der Waals surface area contributed by atoms with Gasteiger partial charge in [0.2, 0.25) is 0 Å². The minimum Gasteiger partial charge on any atom is -0.456 e. The smallest absolute Gasteiger partial charge is 0.135 e. The van der Waals surface area contributed by atoms with Crippen LogP contribution >= 0.6 is 0 Å². The van der Waals surface area contributed by atoms with Gasteiger partial charge in [0.25, 0.3) is 0 Å². The van der Waals surface area contributed by atoms with E-state index < -0.39 is 0 Å². The average molecular weight is 803 g/mol. The fourth-order valence-corrected chi connectivity index (χ4v) is 10.1. The summed E-state index contributed by atoms with van der Waals surface area (Å²) in [6.07, 6.45) is 0. The van der Waals surface area contributed by atoms with Crippen molar-refractivity contribution in [3.8, 4) is 27.9 Å². The molecule has 0 aliphatic rings. The molecule has 2 aromatic heterocycles. The Balaban J connectivity index is 1.00. The zero-order chi connectivity index (χ0) is 41.4. The Kier molecular flexibility index (Phi) is 7.91. The van der Waals surface area contributed by atoms with Gasteiger partial charge in [0.15, 0.2) is 0 Å². The highest BCUT2D eigenvalue weighted by molar-refractivity contribution is 6.17. The Bertz CT molecular complexity index is 3910. The lowest BCUT2D eigenvalue weighted by Gasteiger charge is -2.29. The molecule has 0 bridgehead atoms. The molecule has 0 saturated carbocycles. The van der Waals surface area contributed by atoms with E-state index in [1.165, 1.54) is 65.3 Å². The molecule has 0 fully saturated rings. The van der Waals surface area contributed by atoms with Gasteiger partial charge in [-0.05, 0) is 117 Å². The number of furan rings is 1. The molecule has 294 valence electrons. The summed E-state index contributed by atoms with van der Waals surface area (Å²) in [4.78, 5) is 2.47. The topological polar surface area (TPSA) is 21.3 Å². The molecule has 0 amide bonds. The molecule has 0 aliphatic carbocycles. The Hall–Kier alpha value is -8.40. The molecule has 0 atom stereocenters. The Morgan fingerprint density at radius 3 is 1.73 bits per heavy atom. The number of benzene rings is 11. The van der Waals surface area contributed by atoms with Crippen molar-refractivity contribution in [1.29, 1.82) is 0 Å². The minimum atomic E-state index is 0.903. The molecule has 11 aromatic carbocycles. The van der Waals surface area contributed by atoms with Crippen molar-refractivity contribution < 1.29 is 4.42 Å². The van der Waals surface area contributed by atoms with Crippen molar-refractivity contribution in [3.05, 3.63) is 231 Å². The fraction of sp³-hybridized carbons (Fsp3) is 0. The van der Waals surface area contributed by atoms with E-state index in [9.17, 15) is 0 Å². The lowest BCUT2D eigenvalue weighted by Crippen LogP contribution is -2.11. The van der Waals surface area contributed by atoms with Crippen LogP contribution in [0.5, 0.6) is 0 Å². The van der Waals surface area contributed by atoms with Crippen molar-refractivity contribution in [1.82, 2.24) is 4.57 Å². The van der Waals surface area contributed by atoms with E-state index in [0.29, 0.717) is 0 Å². The van der Waals surface area contributed by atoms with Crippen LogP contribution in [0.4, 0.5) is 17.1 Å². The third-order valence-electron chi connectivity index (χ3n) is 13.0. The zero-order valence-electron chi connectivity index (χ0n) is 34.2. The predicted octanol–water partition coefficient (Wildman–Crippen LogP) is 16.9. The second kappa shape index (κ2) is 14.1. The number of hydrogen-bond acceptors (Lipinski definition) is 2. The number of fused-ring (bicyclic) bond motifs is 10. The lowest BCUT2D eigenvalue weighted by atomic mass is 9.94. The molecule has 0 N–H and O–H groups in total. The van der Waals surface area contributed by atoms with E-state index in [1.807, 2.05) is 12.1 Å². The van der Waals surface area contributed by atoms with Gasteiger partial charge >= 0.3 is 0 Å². The molecule has 13 rings (SSSR count). The van der Waals surface area contributed by atoms with Crippen molar-refractivity contribution >= 4 is 93.1 Å². The summed E-state index contributed by atoms with van der Waals surface area (Å²) in [6, 6.07) is 83.7. The molecule has 3 heteroatoms. The van der Waals surface area contributed by atoms with Crippen LogP contribution in [-0.2, 0) is 0 Å². The molecule has 63 heavy (non-hydrogen) atoms. The summed E-state index contributed by atoms with van der Waals surface area (Å²) in [5.74, 6) is 0. The summed E-state index contributed by atoms with van der Waals surface area (Å²) in [5.41, 5.74) is 13.4. The highest BCUT2D eigenvalue weighted by Gasteiger charge is 2.22. The standard InChI is InChI=1S/C60H38N2O/c1-2-15-43(16-3-1)61-55-24-12-10-22-51(55)53-37-42(28-33-57(53)61)46-32-34-56(49-20-8-6-19-48(46)49)62(58-38-41-14-4-5-17-45(41)47-18-7-9-21-50(47)58)44-30-26-39(27-31-44)40-29-35-60-54(36-40)52-23-11-13-25-59(52)63-60/h1-38H. The molecule has 0 saturated heterocycles. The predicted molar refractivity (Wildman–Crippen MR) is 266 cm³/mol. The third-order valence-corrected chi connectivity index (χ3v) is 13.0. The van der Waals surface area contributed by atoms with Gasteiger partial charge in [-0.2, -0.15) is 0 Å². The van der Waals surface area contributed by atoms with Crippen LogP contribution < -0.4 is 4.90 Å². The molecular formula is C60H38N2O. The van der Waals surface area contributed by atoms with Crippen LogP contribution in [0.3, 0.4) is 0 Å². The van der Waals surface area contributed by atoms with Gasteiger partial charge in [-0.25, -0.2) is 0 Å². The molecule has 0 radical (unpaired) electrons. The van der Waals surface area contributed by atoms with Crippen LogP contribution in [0.25, 0.3) is 104 Å². The zero-order valence-corrected chi connectivity index (χ0v) is 34.2. The highest BCUT2D eigenvalue weighted by Crippen LogP contribution is 2.47. The lowest BCUT2D eigenvalue weighted by molar-refractivity contribution is 0.669. The molecule has 0 aliphatic heterocycles. The van der Waals surface area contributed by atoms with Crippen LogP contribution in [0.15, 0.2) is 235 Å². The molecule has 0 unspecified atom stereocenters. The first-order valence-electron chi connectivity index (χ1n) is 21.6. The monoisotopic (exact) mass is 802 g/mol. The van der Waals surface area contributed by atoms with E-state index in [2.05, 4.69) is 228 Å². The largest absolute Gasteiger partial charge is 0.456 e. The normalized spacial score (nSPS) is 11.8. The number of para-hydroxylation sites is 3. The first-order valence-corrected chi connectivity index (χ1v) is 21.6. The van der Waals surface area contributed by atoms with E-state index in [0.717, 1.165) is 55.8 Å². The molecule has 13 aromatic rings. The third kappa shape index (κ3) is 5.60. The van der Waals surface area contributed by atoms with Crippen LogP contribution in [-0.4, -0.2) is 4.57 Å². The van der Waals surface area contributed by atoms with E-state index in [-0.39, 0.29) is 0 Å². The second-order valence-corrected chi connectivity index (χ2v) is 16.5. The van der Waals surface area contributed by atoms with E-state index in [4.69, 9.17) is 4.42 Å². The van der Waals surface area contributed by atoms with Gasteiger partial charge in [0, 0.05) is 43.7 Å². The number of hydrogen-bond donors (Lipinski definition) is 0. The summed E-state index contributed by atoms with van der Waals surface area (Å²) >= 11 is 0. The maximum atomic E-state index is 6.18. The van der Waals surface area contributed by atoms with Crippen molar-refractivity contribution in [2.75, 3.05) is 4.90 Å². The minimum absolute atomic E-state index is 0.903. The fourth-order valence-electron chi connectivity index (χ4n) is 10.1. The number of aromatic nitrogens is 1. The number of rotatable bonds is 6. The van der Waals surface area contributed by atoms with Crippen molar-refractivity contribution in [2.24, 2.45) is 0 Å². The summed E-state index contributed by atoms with van der Waals surface area (Å²) in [5, 5.41) is 12.0. The number of anilines is 3. The van der Waals surface area contributed by atoms with Gasteiger partial charge in [-0.15, -0.1) is 0 Å². The van der Waals surface area contributed by atoms with Crippen molar-refractivity contribution in [3.63, 3.8) is 0 Å². The molecular weight excluding hydrogens is 765 g/mol. The first-order chi connectivity index (χ1) is 31.2. The molecule has 3 nitrogen and oxygen atoms in total. The maximum absolute atomic E-state index is 6.18. The second-order valence-electron chi connectivity index (χ2n) is 16.5. The van der Waals surface area contributed by atoms with Gasteiger partial charge < -0.3 is 13.9 Å². The maximum Gasteiger partial charge on any atom is 0.135 e. The SMILES string of the molecule is c1ccc(-n2c3ccccc3c3cc(-c4ccc(N(c5ccc(-c6ccc7oc8ccccc8c7c6)cc5)c5cc6ccccc6c6ccccc56)c5ccccc45)ccc32)cc1. The number of nitrogens with zero attached hydrogens (tertiary/aromatic N) is 2. The van der Waals surface area contributed by atoms with Gasteiger partial charge in [0.1, 0.15) is 11.2 Å². The summed E-state index contributed by atoms with van der Waals surface area (Å²) in [7, 11) is 0. The quantitative estimate of drug-likeness (QED) is 0.156. The van der Waals surface area contributed by atoms with E-state index in [1.54, 1.807) is 0 Å². The van der Waals surface area contributed by atoms with E-state index >= 15 is 0 Å². The van der Waals surface area contributed by atoms with Gasteiger partial charge in [-0.1, -0.05) is 158 Å². The summed E-state index contributed by atoms with van der Waals surface area (Å²) in [6.45, 7) is 0. The van der Waals surface area contributed by atoms with Gasteiger partial charge in [-0.3, -0.25) is 0 Å². The van der Waals surface area contributed by atoms with Crippen LogP contribution in [0.1, 0.15) is 0 Å². The first kappa shape index (κ1) is 35.4.